The summed E-state index contributed by atoms with van der Waals surface area (Å²) in [7, 11) is -1.46. The van der Waals surface area contributed by atoms with Crippen LogP contribution in [0.5, 0.6) is 0 Å². The largest absolute Gasteiger partial charge is 0.412 e. The Morgan fingerprint density at radius 2 is 1.03 bits per heavy atom. The van der Waals surface area contributed by atoms with Gasteiger partial charge in [-0.25, -0.2) is 9.18 Å². The van der Waals surface area contributed by atoms with Crippen LogP contribution >= 0.6 is 10.3 Å². The van der Waals surface area contributed by atoms with Crippen LogP contribution in [0.4, 0.5) is 4.39 Å². The van der Waals surface area contributed by atoms with E-state index in [0.29, 0.717) is 5.56 Å². The Hall–Kier alpha value is -1.03. The molecule has 32 heavy (non-hydrogen) atoms. The van der Waals surface area contributed by atoms with Gasteiger partial charge in [-0.1, -0.05) is 108 Å². The van der Waals surface area contributed by atoms with Gasteiger partial charge in [0.05, 0.1) is 5.56 Å². The lowest BCUT2D eigenvalue weighted by atomic mass is 10.2. The Labute approximate surface area is 199 Å². The van der Waals surface area contributed by atoms with E-state index in [-0.39, 0.29) is 11.8 Å². The average molecular weight is 469 g/mol. The standard InChI is InChI=1S/C28H49FO2S/c1-4-7-10-13-16-23-32(24-17-14-11-8-5-2,25-18-15-12-9-6-3)31-28(30)26-19-21-27(29)22-20-26/h19-22H,4-18,23-25H2,1-3H3. The van der Waals surface area contributed by atoms with Crippen LogP contribution < -0.4 is 0 Å². The fourth-order valence-electron chi connectivity index (χ4n) is 4.13. The van der Waals surface area contributed by atoms with Crippen LogP contribution in [-0.2, 0) is 4.18 Å². The molecule has 0 radical (unpaired) electrons. The van der Waals surface area contributed by atoms with Gasteiger partial charge in [-0.15, -0.1) is 0 Å². The number of halogens is 1. The zero-order chi connectivity index (χ0) is 23.5. The lowest BCUT2D eigenvalue weighted by Crippen LogP contribution is -2.21. The molecule has 0 saturated heterocycles. The van der Waals surface area contributed by atoms with Crippen molar-refractivity contribution in [2.24, 2.45) is 0 Å². The van der Waals surface area contributed by atoms with E-state index >= 15 is 0 Å². The van der Waals surface area contributed by atoms with Crippen LogP contribution in [0.25, 0.3) is 0 Å². The fraction of sp³-hybridized carbons (Fsp3) is 0.750. The second kappa shape index (κ2) is 18.4. The molecule has 1 aromatic carbocycles. The second-order valence-electron chi connectivity index (χ2n) is 9.20. The molecule has 4 heteroatoms. The zero-order valence-corrected chi connectivity index (χ0v) is 22.0. The van der Waals surface area contributed by atoms with Crippen molar-refractivity contribution in [1.82, 2.24) is 0 Å². The summed E-state index contributed by atoms with van der Waals surface area (Å²) in [4.78, 5) is 13.1. The number of rotatable bonds is 20. The molecule has 0 spiro atoms. The van der Waals surface area contributed by atoms with Crippen molar-refractivity contribution < 1.29 is 13.4 Å². The Kier molecular flexibility index (Phi) is 16.7. The first kappa shape index (κ1) is 29.0. The average Bonchev–Trinajstić information content (AvgIpc) is 2.79. The molecular formula is C28H49FO2S. The molecule has 0 atom stereocenters. The normalized spacial score (nSPS) is 12.1. The van der Waals surface area contributed by atoms with E-state index in [1.165, 1.54) is 89.2 Å². The topological polar surface area (TPSA) is 26.3 Å². The van der Waals surface area contributed by atoms with Gasteiger partial charge in [0.15, 0.2) is 0 Å². The predicted octanol–water partition coefficient (Wildman–Crippen LogP) is 9.61. The van der Waals surface area contributed by atoms with Gasteiger partial charge in [-0.2, -0.15) is 0 Å². The molecule has 0 N–H and O–H groups in total. The Morgan fingerprint density at radius 3 is 1.41 bits per heavy atom. The lowest BCUT2D eigenvalue weighted by Gasteiger charge is -2.39. The van der Waals surface area contributed by atoms with E-state index in [2.05, 4.69) is 20.8 Å². The molecule has 0 amide bonds. The monoisotopic (exact) mass is 468 g/mol. The lowest BCUT2D eigenvalue weighted by molar-refractivity contribution is 0.0757. The van der Waals surface area contributed by atoms with Gasteiger partial charge in [-0.3, -0.25) is 0 Å². The van der Waals surface area contributed by atoms with Gasteiger partial charge >= 0.3 is 5.97 Å². The summed E-state index contributed by atoms with van der Waals surface area (Å²) in [5.74, 6) is 2.53. The number of benzene rings is 1. The minimum atomic E-state index is -1.46. The van der Waals surface area contributed by atoms with E-state index in [4.69, 9.17) is 4.18 Å². The van der Waals surface area contributed by atoms with Crippen molar-refractivity contribution in [2.75, 3.05) is 17.3 Å². The third-order valence-electron chi connectivity index (χ3n) is 6.19. The predicted molar refractivity (Wildman–Crippen MR) is 140 cm³/mol. The first-order valence-electron chi connectivity index (χ1n) is 13.3. The van der Waals surface area contributed by atoms with E-state index in [1.54, 1.807) is 12.1 Å². The third-order valence-corrected chi connectivity index (χ3v) is 9.80. The van der Waals surface area contributed by atoms with Crippen LogP contribution in [0.2, 0.25) is 0 Å². The molecule has 0 aliphatic heterocycles. The fourth-order valence-corrected chi connectivity index (χ4v) is 7.60. The first-order chi connectivity index (χ1) is 15.6. The number of unbranched alkanes of at least 4 members (excludes halogenated alkanes) is 12. The highest BCUT2D eigenvalue weighted by molar-refractivity contribution is 8.30. The molecule has 2 nitrogen and oxygen atoms in total. The minimum Gasteiger partial charge on any atom is -0.412 e. The van der Waals surface area contributed by atoms with Crippen LogP contribution in [-0.4, -0.2) is 23.2 Å². The molecule has 0 unspecified atom stereocenters. The summed E-state index contributed by atoms with van der Waals surface area (Å²) >= 11 is 0. The molecule has 0 aliphatic rings. The van der Waals surface area contributed by atoms with E-state index in [9.17, 15) is 9.18 Å². The molecule has 0 aliphatic carbocycles. The van der Waals surface area contributed by atoms with Crippen molar-refractivity contribution >= 4 is 16.3 Å². The van der Waals surface area contributed by atoms with Gasteiger partial charge in [0.1, 0.15) is 5.82 Å². The highest BCUT2D eigenvalue weighted by Gasteiger charge is 2.28. The summed E-state index contributed by atoms with van der Waals surface area (Å²) in [6, 6.07) is 5.83. The van der Waals surface area contributed by atoms with Crippen LogP contribution in [0.3, 0.4) is 0 Å². The SMILES string of the molecule is CCCCCCCS(CCCCCCC)(CCCCCCC)OC(=O)c1ccc(F)cc1. The van der Waals surface area contributed by atoms with E-state index in [1.807, 2.05) is 0 Å². The maximum atomic E-state index is 13.3. The smallest absolute Gasteiger partial charge is 0.348 e. The number of hydrogen-bond acceptors (Lipinski definition) is 2. The second-order valence-corrected chi connectivity index (χ2v) is 12.5. The van der Waals surface area contributed by atoms with Gasteiger partial charge < -0.3 is 4.18 Å². The summed E-state index contributed by atoms with van der Waals surface area (Å²) in [6.07, 6.45) is 18.5. The summed E-state index contributed by atoms with van der Waals surface area (Å²) in [5, 5.41) is 0. The van der Waals surface area contributed by atoms with Crippen molar-refractivity contribution in [3.8, 4) is 0 Å². The Morgan fingerprint density at radius 1 is 0.656 bits per heavy atom. The van der Waals surface area contributed by atoms with Gasteiger partial charge in [0.25, 0.3) is 0 Å². The van der Waals surface area contributed by atoms with Gasteiger partial charge in [0.2, 0.25) is 0 Å². The third kappa shape index (κ3) is 12.9. The number of hydrogen-bond donors (Lipinski definition) is 0. The minimum absolute atomic E-state index is 0.254. The molecule has 0 saturated carbocycles. The van der Waals surface area contributed by atoms with Gasteiger partial charge in [0, 0.05) is 17.3 Å². The molecule has 0 bridgehead atoms. The Bertz CT molecular complexity index is 552. The molecule has 1 rings (SSSR count). The maximum Gasteiger partial charge on any atom is 0.348 e. The van der Waals surface area contributed by atoms with Crippen LogP contribution in [0, 0.1) is 5.82 Å². The van der Waals surface area contributed by atoms with Crippen molar-refractivity contribution in [1.29, 1.82) is 0 Å². The highest BCUT2D eigenvalue weighted by Crippen LogP contribution is 2.52. The maximum absolute atomic E-state index is 13.3. The van der Waals surface area contributed by atoms with E-state index in [0.717, 1.165) is 36.5 Å². The molecule has 186 valence electrons. The van der Waals surface area contributed by atoms with Crippen molar-refractivity contribution in [3.63, 3.8) is 0 Å². The first-order valence-corrected chi connectivity index (χ1v) is 15.4. The zero-order valence-electron chi connectivity index (χ0n) is 21.1. The quantitative estimate of drug-likeness (QED) is 0.178. The number of carbonyl (C=O) groups is 1. The van der Waals surface area contributed by atoms with E-state index < -0.39 is 10.3 Å². The van der Waals surface area contributed by atoms with Gasteiger partial charge in [-0.05, 0) is 43.5 Å². The van der Waals surface area contributed by atoms with Crippen molar-refractivity contribution in [3.05, 3.63) is 35.6 Å². The summed E-state index contributed by atoms with van der Waals surface area (Å²) in [5.41, 5.74) is 0.478. The summed E-state index contributed by atoms with van der Waals surface area (Å²) < 4.78 is 19.8. The molecule has 0 heterocycles. The van der Waals surface area contributed by atoms with Crippen LogP contribution in [0.1, 0.15) is 127 Å². The molecule has 0 fully saturated rings. The number of carbonyl (C=O) groups excluding carboxylic acids is 1. The molecule has 1 aromatic rings. The van der Waals surface area contributed by atoms with Crippen LogP contribution in [0.15, 0.2) is 24.3 Å². The Balaban J connectivity index is 2.87. The molecular weight excluding hydrogens is 419 g/mol. The summed E-state index contributed by atoms with van der Waals surface area (Å²) in [6.45, 7) is 6.73. The molecule has 0 aromatic heterocycles. The van der Waals surface area contributed by atoms with Crippen molar-refractivity contribution in [2.45, 2.75) is 117 Å². The highest BCUT2D eigenvalue weighted by atomic mass is 32.3.